The number of sulfonamides is 1. The van der Waals surface area contributed by atoms with Crippen LogP contribution in [0.5, 0.6) is 5.75 Å². The van der Waals surface area contributed by atoms with Crippen molar-refractivity contribution in [1.29, 1.82) is 0 Å². The molecule has 0 fully saturated rings. The fraction of sp³-hybridized carbons (Fsp3) is 0.174. The highest BCUT2D eigenvalue weighted by molar-refractivity contribution is 7.92. The Bertz CT molecular complexity index is 1370. The van der Waals surface area contributed by atoms with Crippen LogP contribution in [0.4, 0.5) is 5.69 Å². The molecule has 0 spiro atoms. The minimum Gasteiger partial charge on any atom is -0.484 e. The van der Waals surface area contributed by atoms with E-state index in [4.69, 9.17) is 4.74 Å². The first kappa shape index (κ1) is 22.3. The third-order valence-corrected chi connectivity index (χ3v) is 6.88. The molecule has 0 saturated heterocycles. The van der Waals surface area contributed by atoms with Crippen molar-refractivity contribution in [2.75, 3.05) is 18.0 Å². The highest BCUT2D eigenvalue weighted by Crippen LogP contribution is 2.24. The molecule has 2 heterocycles. The molecule has 4 rings (SSSR count). The third kappa shape index (κ3) is 4.96. The Hall–Kier alpha value is -3.92. The molecule has 0 unspecified atom stereocenters. The number of carbonyl (C=O) groups is 1. The van der Waals surface area contributed by atoms with Crippen LogP contribution in [-0.4, -0.2) is 42.6 Å². The summed E-state index contributed by atoms with van der Waals surface area (Å²) >= 11 is 0. The van der Waals surface area contributed by atoms with Gasteiger partial charge in [0.2, 0.25) is 0 Å². The van der Waals surface area contributed by atoms with Gasteiger partial charge in [-0.25, -0.2) is 8.42 Å². The lowest BCUT2D eigenvalue weighted by molar-refractivity contribution is -0.123. The van der Waals surface area contributed by atoms with E-state index in [9.17, 15) is 13.2 Å². The molecule has 0 aliphatic heterocycles. The lowest BCUT2D eigenvalue weighted by atomic mass is 10.2. The number of hydrogen-bond acceptors (Lipinski definition) is 6. The molecule has 0 radical (unpaired) electrons. The summed E-state index contributed by atoms with van der Waals surface area (Å²) in [5.74, 6) is 0.745. The van der Waals surface area contributed by atoms with Crippen LogP contribution in [0.25, 0.3) is 5.65 Å². The topological polar surface area (TPSA) is 106 Å². The van der Waals surface area contributed by atoms with E-state index in [0.29, 0.717) is 22.9 Å². The van der Waals surface area contributed by atoms with Crippen LogP contribution in [0.15, 0.2) is 77.8 Å². The standard InChI is InChI=1S/C23H23N5O4S/c1-17-6-12-20(13-7-17)33(30,31)27(2)18-8-10-19(11-9-18)32-16-23(29)24-15-22-26-25-21-5-3-4-14-28(21)22/h3-14H,15-16H2,1-2H3,(H,24,29). The quantitative estimate of drug-likeness (QED) is 0.429. The summed E-state index contributed by atoms with van der Waals surface area (Å²) in [4.78, 5) is 12.4. The van der Waals surface area contributed by atoms with Crippen molar-refractivity contribution >= 4 is 27.3 Å². The maximum Gasteiger partial charge on any atom is 0.264 e. The monoisotopic (exact) mass is 465 g/mol. The molecule has 0 atom stereocenters. The summed E-state index contributed by atoms with van der Waals surface area (Å²) in [7, 11) is -2.18. The van der Waals surface area contributed by atoms with Crippen LogP contribution in [0, 0.1) is 6.92 Å². The molecule has 2 aromatic heterocycles. The Labute approximate surface area is 191 Å². The van der Waals surface area contributed by atoms with E-state index in [1.807, 2.05) is 31.3 Å². The number of hydrogen-bond donors (Lipinski definition) is 1. The average molecular weight is 466 g/mol. The predicted octanol–water partition coefficient (Wildman–Crippen LogP) is 2.56. The normalized spacial score (nSPS) is 11.3. The molecular formula is C23H23N5O4S. The molecule has 0 aliphatic rings. The summed E-state index contributed by atoms with van der Waals surface area (Å²) < 4.78 is 34.2. The van der Waals surface area contributed by atoms with Crippen molar-refractivity contribution in [2.24, 2.45) is 0 Å². The number of carbonyl (C=O) groups excluding carboxylic acids is 1. The number of ether oxygens (including phenoxy) is 1. The Morgan fingerprint density at radius 1 is 1.03 bits per heavy atom. The molecule has 1 N–H and O–H groups in total. The second kappa shape index (κ2) is 9.29. The van der Waals surface area contributed by atoms with Crippen molar-refractivity contribution in [2.45, 2.75) is 18.4 Å². The molecule has 0 aliphatic carbocycles. The second-order valence-electron chi connectivity index (χ2n) is 7.39. The average Bonchev–Trinajstić information content (AvgIpc) is 3.24. The number of fused-ring (bicyclic) bond motifs is 1. The Morgan fingerprint density at radius 2 is 1.76 bits per heavy atom. The van der Waals surface area contributed by atoms with Gasteiger partial charge in [0, 0.05) is 13.2 Å². The SMILES string of the molecule is Cc1ccc(S(=O)(=O)N(C)c2ccc(OCC(=O)NCc3nnc4ccccn34)cc2)cc1. The number of nitrogens with one attached hydrogen (secondary N) is 1. The molecule has 1 amide bonds. The lowest BCUT2D eigenvalue weighted by Gasteiger charge is -2.20. The molecule has 4 aromatic rings. The summed E-state index contributed by atoms with van der Waals surface area (Å²) in [6.45, 7) is 1.93. The Balaban J connectivity index is 1.32. The Morgan fingerprint density at radius 3 is 2.48 bits per heavy atom. The van der Waals surface area contributed by atoms with Gasteiger partial charge in [0.15, 0.2) is 18.1 Å². The number of rotatable bonds is 8. The minimum absolute atomic E-state index is 0.187. The third-order valence-electron chi connectivity index (χ3n) is 5.08. The lowest BCUT2D eigenvalue weighted by Crippen LogP contribution is -2.29. The van der Waals surface area contributed by atoms with Crippen molar-refractivity contribution in [3.63, 3.8) is 0 Å². The van der Waals surface area contributed by atoms with Gasteiger partial charge in [-0.15, -0.1) is 10.2 Å². The maximum absolute atomic E-state index is 12.8. The second-order valence-corrected chi connectivity index (χ2v) is 9.36. The molecule has 2 aromatic carbocycles. The van der Waals surface area contributed by atoms with Crippen LogP contribution >= 0.6 is 0 Å². The number of aromatic nitrogens is 3. The summed E-state index contributed by atoms with van der Waals surface area (Å²) in [6.07, 6.45) is 1.82. The van der Waals surface area contributed by atoms with E-state index in [-0.39, 0.29) is 24.0 Å². The first-order valence-corrected chi connectivity index (χ1v) is 11.6. The number of nitrogens with zero attached hydrogens (tertiary/aromatic N) is 4. The highest BCUT2D eigenvalue weighted by atomic mass is 32.2. The minimum atomic E-state index is -3.68. The zero-order valence-corrected chi connectivity index (χ0v) is 19.0. The van der Waals surface area contributed by atoms with Crippen LogP contribution in [-0.2, 0) is 21.4 Å². The van der Waals surface area contributed by atoms with E-state index in [1.165, 1.54) is 11.4 Å². The van der Waals surface area contributed by atoms with Crippen molar-refractivity contribution in [1.82, 2.24) is 19.9 Å². The van der Waals surface area contributed by atoms with E-state index >= 15 is 0 Å². The number of aryl methyl sites for hydroxylation is 1. The highest BCUT2D eigenvalue weighted by Gasteiger charge is 2.21. The summed E-state index contributed by atoms with van der Waals surface area (Å²) in [6, 6.07) is 18.7. The molecule has 0 bridgehead atoms. The van der Waals surface area contributed by atoms with E-state index in [0.717, 1.165) is 5.56 Å². The zero-order chi connectivity index (χ0) is 23.4. The first-order valence-electron chi connectivity index (χ1n) is 10.2. The van der Waals surface area contributed by atoms with Gasteiger partial charge in [0.05, 0.1) is 17.1 Å². The number of benzene rings is 2. The number of amides is 1. The van der Waals surface area contributed by atoms with Gasteiger partial charge in [-0.05, 0) is 55.5 Å². The predicted molar refractivity (Wildman–Crippen MR) is 124 cm³/mol. The van der Waals surface area contributed by atoms with Gasteiger partial charge in [-0.3, -0.25) is 13.5 Å². The first-order chi connectivity index (χ1) is 15.8. The van der Waals surface area contributed by atoms with Gasteiger partial charge in [-0.2, -0.15) is 0 Å². The van der Waals surface area contributed by atoms with Gasteiger partial charge in [-0.1, -0.05) is 23.8 Å². The van der Waals surface area contributed by atoms with E-state index < -0.39 is 10.0 Å². The molecule has 9 nitrogen and oxygen atoms in total. The van der Waals surface area contributed by atoms with Crippen molar-refractivity contribution in [3.8, 4) is 5.75 Å². The van der Waals surface area contributed by atoms with Crippen LogP contribution in [0.1, 0.15) is 11.4 Å². The molecular weight excluding hydrogens is 442 g/mol. The number of anilines is 1. The maximum atomic E-state index is 12.8. The van der Waals surface area contributed by atoms with Gasteiger partial charge >= 0.3 is 0 Å². The van der Waals surface area contributed by atoms with Crippen LogP contribution in [0.3, 0.4) is 0 Å². The van der Waals surface area contributed by atoms with Crippen molar-refractivity contribution < 1.29 is 17.9 Å². The largest absolute Gasteiger partial charge is 0.484 e. The molecule has 10 heteroatoms. The summed E-state index contributed by atoms with van der Waals surface area (Å²) in [5.41, 5.74) is 2.16. The van der Waals surface area contributed by atoms with Crippen LogP contribution < -0.4 is 14.4 Å². The Kier molecular flexibility index (Phi) is 6.27. The fourth-order valence-electron chi connectivity index (χ4n) is 3.15. The fourth-order valence-corrected chi connectivity index (χ4v) is 4.34. The van der Waals surface area contributed by atoms with Gasteiger partial charge in [0.25, 0.3) is 15.9 Å². The number of pyridine rings is 1. The molecule has 33 heavy (non-hydrogen) atoms. The summed E-state index contributed by atoms with van der Waals surface area (Å²) in [5, 5.41) is 10.8. The van der Waals surface area contributed by atoms with Crippen LogP contribution in [0.2, 0.25) is 0 Å². The van der Waals surface area contributed by atoms with Gasteiger partial charge < -0.3 is 10.1 Å². The molecule has 170 valence electrons. The molecule has 0 saturated carbocycles. The van der Waals surface area contributed by atoms with E-state index in [2.05, 4.69) is 15.5 Å². The zero-order valence-electron chi connectivity index (χ0n) is 18.2. The smallest absolute Gasteiger partial charge is 0.264 e. The van der Waals surface area contributed by atoms with Crippen molar-refractivity contribution in [3.05, 3.63) is 84.3 Å². The van der Waals surface area contributed by atoms with E-state index in [1.54, 1.807) is 52.9 Å². The van der Waals surface area contributed by atoms with Gasteiger partial charge in [0.1, 0.15) is 5.75 Å².